The van der Waals surface area contributed by atoms with Crippen LogP contribution >= 0.6 is 0 Å². The highest BCUT2D eigenvalue weighted by Gasteiger charge is 2.28. The number of hydrogen-bond acceptors (Lipinski definition) is 3. The van der Waals surface area contributed by atoms with Crippen molar-refractivity contribution in [2.45, 2.75) is 0 Å². The first-order valence-electron chi connectivity index (χ1n) is 20.4. The Bertz CT molecular complexity index is 4370. The Labute approximate surface area is 339 Å². The van der Waals surface area contributed by atoms with Gasteiger partial charge >= 0.3 is 0 Å². The van der Waals surface area contributed by atoms with Gasteiger partial charge in [-0.15, -0.1) is 0 Å². The summed E-state index contributed by atoms with van der Waals surface area (Å²) in [6, 6.07) is 63.2. The van der Waals surface area contributed by atoms with Gasteiger partial charge in [0.15, 0.2) is 11.4 Å². The number of nitrogens with zero attached hydrogens (tertiary/aromatic N) is 5. The van der Waals surface area contributed by atoms with E-state index >= 15 is 0 Å². The van der Waals surface area contributed by atoms with Crippen molar-refractivity contribution in [3.8, 4) is 11.8 Å². The maximum atomic E-state index is 6.81. The van der Waals surface area contributed by atoms with Gasteiger partial charge in [0.05, 0.1) is 38.6 Å². The van der Waals surface area contributed by atoms with Crippen LogP contribution in [0, 0.1) is 0 Å². The topological polar surface area (TPSA) is 53.2 Å². The van der Waals surface area contributed by atoms with Crippen LogP contribution in [0.25, 0.3) is 137 Å². The minimum atomic E-state index is 0.593. The van der Waals surface area contributed by atoms with Gasteiger partial charge < -0.3 is 8.82 Å². The number of furan rings is 1. The molecule has 0 aliphatic rings. The van der Waals surface area contributed by atoms with Crippen molar-refractivity contribution in [1.82, 2.24) is 23.5 Å². The molecule has 0 aliphatic carbocycles. The second-order valence-corrected chi connectivity index (χ2v) is 16.1. The van der Waals surface area contributed by atoms with E-state index in [0.29, 0.717) is 17.3 Å². The molecule has 0 aliphatic heterocycles. The highest BCUT2D eigenvalue weighted by Crippen LogP contribution is 2.48. The van der Waals surface area contributed by atoms with Gasteiger partial charge in [-0.3, -0.25) is 9.13 Å². The monoisotopic (exact) mass is 763 g/mol. The average molecular weight is 764 g/mol. The Morgan fingerprint density at radius 1 is 0.367 bits per heavy atom. The van der Waals surface area contributed by atoms with E-state index in [9.17, 15) is 0 Å². The molecule has 0 saturated carbocycles. The van der Waals surface area contributed by atoms with Crippen molar-refractivity contribution in [3.05, 3.63) is 176 Å². The van der Waals surface area contributed by atoms with Crippen LogP contribution in [-0.4, -0.2) is 23.5 Å². The van der Waals surface area contributed by atoms with Crippen LogP contribution in [-0.2, 0) is 0 Å². The number of fused-ring (bicyclic) bond motifs is 20. The largest absolute Gasteiger partial charge is 0.450 e. The van der Waals surface area contributed by atoms with Crippen LogP contribution in [0.3, 0.4) is 0 Å². The molecule has 6 heteroatoms. The fourth-order valence-electron chi connectivity index (χ4n) is 10.7. The smallest absolute Gasteiger partial charge is 0.237 e. The highest BCUT2D eigenvalue weighted by atomic mass is 16.3. The lowest BCUT2D eigenvalue weighted by Gasteiger charge is -2.12. The average Bonchev–Trinajstić information content (AvgIpc) is 4.10. The van der Waals surface area contributed by atoms with Crippen LogP contribution in [0.5, 0.6) is 0 Å². The van der Waals surface area contributed by atoms with Gasteiger partial charge in [0, 0.05) is 53.9 Å². The molecule has 276 valence electrons. The molecule has 0 bridgehead atoms. The molecule has 0 spiro atoms. The Kier molecular flexibility index (Phi) is 5.57. The molecule has 6 nitrogen and oxygen atoms in total. The van der Waals surface area contributed by atoms with Crippen molar-refractivity contribution < 1.29 is 4.42 Å². The summed E-state index contributed by atoms with van der Waals surface area (Å²) in [6.07, 6.45) is 0. The van der Waals surface area contributed by atoms with Crippen molar-refractivity contribution in [1.29, 1.82) is 0 Å². The van der Waals surface area contributed by atoms with Crippen LogP contribution in [0.2, 0.25) is 0 Å². The Balaban J connectivity index is 1.16. The van der Waals surface area contributed by atoms with E-state index in [1.807, 2.05) is 12.1 Å². The predicted octanol–water partition coefficient (Wildman–Crippen LogP) is 14.0. The first kappa shape index (κ1) is 30.9. The van der Waals surface area contributed by atoms with E-state index in [1.54, 1.807) is 0 Å². The molecule has 60 heavy (non-hydrogen) atoms. The maximum Gasteiger partial charge on any atom is 0.237 e. The third-order valence-electron chi connectivity index (χ3n) is 13.1. The molecule has 0 saturated heterocycles. The molecule has 15 aromatic rings. The number of aromatic nitrogens is 5. The van der Waals surface area contributed by atoms with Crippen LogP contribution in [0.1, 0.15) is 0 Å². The minimum Gasteiger partial charge on any atom is -0.450 e. The van der Waals surface area contributed by atoms with E-state index in [2.05, 4.69) is 177 Å². The summed E-state index contributed by atoms with van der Waals surface area (Å²) in [5.41, 5.74) is 10.1. The molecule has 6 aromatic heterocycles. The van der Waals surface area contributed by atoms with Gasteiger partial charge in [0.25, 0.3) is 0 Å². The van der Waals surface area contributed by atoms with Crippen LogP contribution in [0.15, 0.2) is 180 Å². The number of hydrogen-bond donors (Lipinski definition) is 0. The fourth-order valence-corrected chi connectivity index (χ4v) is 10.7. The van der Waals surface area contributed by atoms with Gasteiger partial charge in [-0.05, 0) is 58.6 Å². The minimum absolute atomic E-state index is 0.593. The zero-order chi connectivity index (χ0) is 38.8. The normalized spacial score (nSPS) is 12.7. The van der Waals surface area contributed by atoms with Gasteiger partial charge in [-0.2, -0.15) is 4.98 Å². The Morgan fingerprint density at radius 3 is 1.78 bits per heavy atom. The Hall–Kier alpha value is -8.22. The molecule has 15 rings (SSSR count). The lowest BCUT2D eigenvalue weighted by Crippen LogP contribution is -2.06. The fraction of sp³-hybridized carbons (Fsp3) is 0. The summed E-state index contributed by atoms with van der Waals surface area (Å²) in [5.74, 6) is 1.30. The first-order chi connectivity index (χ1) is 29.8. The molecule has 0 unspecified atom stereocenters. The molecule has 0 fully saturated rings. The van der Waals surface area contributed by atoms with Crippen molar-refractivity contribution >= 4 is 125 Å². The summed E-state index contributed by atoms with van der Waals surface area (Å²) >= 11 is 0. The van der Waals surface area contributed by atoms with Gasteiger partial charge in [-0.25, -0.2) is 4.98 Å². The van der Waals surface area contributed by atoms with Crippen LogP contribution < -0.4 is 0 Å². The van der Waals surface area contributed by atoms with E-state index in [0.717, 1.165) is 49.3 Å². The zero-order valence-corrected chi connectivity index (χ0v) is 31.9. The van der Waals surface area contributed by atoms with E-state index in [1.165, 1.54) is 70.4 Å². The lowest BCUT2D eigenvalue weighted by molar-refractivity contribution is 0.661. The molecular weight excluding hydrogens is 735 g/mol. The van der Waals surface area contributed by atoms with Gasteiger partial charge in [-0.1, -0.05) is 133 Å². The van der Waals surface area contributed by atoms with Crippen molar-refractivity contribution in [3.63, 3.8) is 0 Å². The van der Waals surface area contributed by atoms with Crippen molar-refractivity contribution in [2.75, 3.05) is 0 Å². The zero-order valence-electron chi connectivity index (χ0n) is 31.9. The maximum absolute atomic E-state index is 6.81. The van der Waals surface area contributed by atoms with Crippen molar-refractivity contribution in [2.24, 2.45) is 0 Å². The van der Waals surface area contributed by atoms with Crippen LogP contribution in [0.4, 0.5) is 0 Å². The summed E-state index contributed by atoms with van der Waals surface area (Å²) in [7, 11) is 0. The predicted molar refractivity (Wildman–Crippen MR) is 248 cm³/mol. The van der Waals surface area contributed by atoms with Gasteiger partial charge in [0.1, 0.15) is 11.1 Å². The quantitative estimate of drug-likeness (QED) is 0.176. The molecule has 0 atom stereocenters. The van der Waals surface area contributed by atoms with E-state index in [-0.39, 0.29) is 0 Å². The molecule has 0 N–H and O–H groups in total. The number of benzene rings is 9. The van der Waals surface area contributed by atoms with E-state index in [4.69, 9.17) is 14.4 Å². The molecule has 9 aromatic carbocycles. The summed E-state index contributed by atoms with van der Waals surface area (Å²) in [4.78, 5) is 11.2. The first-order valence-corrected chi connectivity index (χ1v) is 20.4. The standard InChI is InChI=1S/C54H29N5O/c1-3-15-32-30(13-1)26-28-44-46(32)36-18-6-10-22-42(36)57(44)53-52-48(38-20-8-12-24-45(38)60-52)55-54(56-53)59-41-21-9-5-17-34(41)39-29-40-35-27-25-31-14-2-4-16-33(31)49(35)58-43-23-11-7-19-37(43)47(50(40)58)51(39)59/h1-29H. The van der Waals surface area contributed by atoms with Gasteiger partial charge in [0.2, 0.25) is 5.95 Å². The second-order valence-electron chi connectivity index (χ2n) is 16.1. The molecule has 0 amide bonds. The Morgan fingerprint density at radius 2 is 0.967 bits per heavy atom. The summed E-state index contributed by atoms with van der Waals surface area (Å²) < 4.78 is 13.9. The second kappa shape index (κ2) is 10.8. The third kappa shape index (κ3) is 3.66. The SMILES string of the molecule is c1ccc2c(c1)ccc1c2c2ccccc2n1-c1nc(-n2c3ccccc3c3cc4c5ccc6ccccc6c5n5c6ccccc6c(c32)c45)nc2c1oc1ccccc12. The highest BCUT2D eigenvalue weighted by molar-refractivity contribution is 6.35. The molecular formula is C54H29N5O. The lowest BCUT2D eigenvalue weighted by atomic mass is 10.0. The third-order valence-corrected chi connectivity index (χ3v) is 13.1. The number of para-hydroxylation sites is 4. The summed E-state index contributed by atoms with van der Waals surface area (Å²) in [5, 5.41) is 15.4. The number of rotatable bonds is 2. The molecule has 6 heterocycles. The molecule has 0 radical (unpaired) electrons. The summed E-state index contributed by atoms with van der Waals surface area (Å²) in [6.45, 7) is 0. The van der Waals surface area contributed by atoms with E-state index < -0.39 is 0 Å².